The molecule has 1 aromatic heterocycles. The Morgan fingerprint density at radius 2 is 2.08 bits per heavy atom. The molecule has 2 nitrogen and oxygen atoms in total. The normalized spacial score (nSPS) is 12.0. The van der Waals surface area contributed by atoms with Gasteiger partial charge >= 0.3 is 0 Å². The summed E-state index contributed by atoms with van der Waals surface area (Å²) in [5.74, 6) is 0. The van der Waals surface area contributed by atoms with Crippen molar-refractivity contribution >= 4 is 0 Å². The van der Waals surface area contributed by atoms with Crippen molar-refractivity contribution in [3.05, 3.63) is 24.0 Å². The van der Waals surface area contributed by atoms with Crippen molar-refractivity contribution in [1.82, 2.24) is 4.57 Å². The number of aliphatic hydroxyl groups is 1. The Morgan fingerprint density at radius 1 is 1.42 bits per heavy atom. The van der Waals surface area contributed by atoms with Crippen molar-refractivity contribution in [3.63, 3.8) is 0 Å². The van der Waals surface area contributed by atoms with Crippen LogP contribution < -0.4 is 0 Å². The summed E-state index contributed by atoms with van der Waals surface area (Å²) in [6.07, 6.45) is 4.10. The molecule has 1 aromatic rings. The summed E-state index contributed by atoms with van der Waals surface area (Å²) in [6.45, 7) is 7.46. The number of nitrogens with zero attached hydrogens (tertiary/aromatic N) is 1. The first-order chi connectivity index (χ1) is 5.54. The Hall–Kier alpha value is -0.760. The van der Waals surface area contributed by atoms with E-state index in [-0.39, 0.29) is 12.0 Å². The molecule has 0 bridgehead atoms. The van der Waals surface area contributed by atoms with E-state index in [0.717, 1.165) is 0 Å². The third-order valence-electron chi connectivity index (χ3n) is 1.97. The van der Waals surface area contributed by atoms with Crippen LogP contribution in [0.4, 0.5) is 0 Å². The van der Waals surface area contributed by atoms with E-state index in [2.05, 4.69) is 33.0 Å². The Morgan fingerprint density at radius 3 is 2.50 bits per heavy atom. The van der Waals surface area contributed by atoms with Crippen LogP contribution in [0.2, 0.25) is 0 Å². The topological polar surface area (TPSA) is 25.2 Å². The van der Waals surface area contributed by atoms with Gasteiger partial charge in [-0.25, -0.2) is 0 Å². The van der Waals surface area contributed by atoms with E-state index < -0.39 is 0 Å². The van der Waals surface area contributed by atoms with Crippen LogP contribution in [-0.2, 0) is 12.0 Å². The lowest BCUT2D eigenvalue weighted by atomic mass is 9.89. The molecule has 0 spiro atoms. The Labute approximate surface area is 73.8 Å². The van der Waals surface area contributed by atoms with E-state index in [1.165, 1.54) is 5.56 Å². The standard InChI is InChI=1S/C10H17NO/c1-10(2,3)9-4-5-11(8-9)6-7-12/h4-5,8,12H,6-7H2,1-3H3. The van der Waals surface area contributed by atoms with Crippen LogP contribution in [0.25, 0.3) is 0 Å². The highest BCUT2D eigenvalue weighted by Crippen LogP contribution is 2.21. The smallest absolute Gasteiger partial charge is 0.0610 e. The quantitative estimate of drug-likeness (QED) is 0.713. The maximum atomic E-state index is 8.71. The third-order valence-corrected chi connectivity index (χ3v) is 1.97. The molecule has 0 radical (unpaired) electrons. The molecule has 0 saturated carbocycles. The van der Waals surface area contributed by atoms with E-state index >= 15 is 0 Å². The highest BCUT2D eigenvalue weighted by molar-refractivity contribution is 5.19. The lowest BCUT2D eigenvalue weighted by molar-refractivity contribution is 0.276. The van der Waals surface area contributed by atoms with Crippen molar-refractivity contribution in [2.24, 2.45) is 0 Å². The number of hydrogen-bond acceptors (Lipinski definition) is 1. The molecule has 1 heterocycles. The number of rotatable bonds is 2. The van der Waals surface area contributed by atoms with Gasteiger partial charge in [0.25, 0.3) is 0 Å². The summed E-state index contributed by atoms with van der Waals surface area (Å²) in [5.41, 5.74) is 1.52. The molecule has 0 atom stereocenters. The van der Waals surface area contributed by atoms with Gasteiger partial charge < -0.3 is 9.67 Å². The molecule has 1 rings (SSSR count). The van der Waals surface area contributed by atoms with Crippen molar-refractivity contribution < 1.29 is 5.11 Å². The first-order valence-corrected chi connectivity index (χ1v) is 4.31. The Kier molecular flexibility index (Phi) is 2.58. The minimum absolute atomic E-state index is 0.207. The number of aliphatic hydroxyl groups excluding tert-OH is 1. The van der Waals surface area contributed by atoms with E-state index in [1.807, 2.05) is 10.8 Å². The monoisotopic (exact) mass is 167 g/mol. The predicted octanol–water partition coefficient (Wildman–Crippen LogP) is 1.78. The molecule has 0 aliphatic heterocycles. The molecule has 0 unspecified atom stereocenters. The van der Waals surface area contributed by atoms with Crippen molar-refractivity contribution in [1.29, 1.82) is 0 Å². The zero-order chi connectivity index (χ0) is 9.19. The summed E-state index contributed by atoms with van der Waals surface area (Å²) in [5, 5.41) is 8.71. The van der Waals surface area contributed by atoms with E-state index in [1.54, 1.807) is 0 Å². The first kappa shape index (κ1) is 9.33. The fourth-order valence-electron chi connectivity index (χ4n) is 1.14. The third kappa shape index (κ3) is 2.11. The second kappa shape index (κ2) is 3.31. The maximum Gasteiger partial charge on any atom is 0.0610 e. The van der Waals surface area contributed by atoms with Crippen LogP contribution >= 0.6 is 0 Å². The molecular formula is C10H17NO. The van der Waals surface area contributed by atoms with Crippen LogP contribution in [0.1, 0.15) is 26.3 Å². The van der Waals surface area contributed by atoms with Gasteiger partial charge in [0.15, 0.2) is 0 Å². The van der Waals surface area contributed by atoms with Crippen LogP contribution in [0.5, 0.6) is 0 Å². The number of aromatic nitrogens is 1. The van der Waals surface area contributed by atoms with Gasteiger partial charge in [0.1, 0.15) is 0 Å². The van der Waals surface area contributed by atoms with Crippen LogP contribution in [0.15, 0.2) is 18.5 Å². The van der Waals surface area contributed by atoms with Crippen molar-refractivity contribution in [3.8, 4) is 0 Å². The minimum atomic E-state index is 0.207. The minimum Gasteiger partial charge on any atom is -0.395 e. The average molecular weight is 167 g/mol. The second-order valence-corrected chi connectivity index (χ2v) is 4.11. The molecule has 0 saturated heterocycles. The van der Waals surface area contributed by atoms with E-state index in [9.17, 15) is 0 Å². The molecule has 0 aliphatic rings. The maximum absolute atomic E-state index is 8.71. The fourth-order valence-corrected chi connectivity index (χ4v) is 1.14. The molecule has 0 aromatic carbocycles. The van der Waals surface area contributed by atoms with Gasteiger partial charge in [-0.05, 0) is 17.0 Å². The largest absolute Gasteiger partial charge is 0.395 e. The molecule has 1 N–H and O–H groups in total. The molecular weight excluding hydrogens is 150 g/mol. The summed E-state index contributed by atoms with van der Waals surface area (Å²) in [4.78, 5) is 0. The number of hydrogen-bond donors (Lipinski definition) is 1. The SMILES string of the molecule is CC(C)(C)c1ccn(CCO)c1. The molecule has 0 fully saturated rings. The summed E-state index contributed by atoms with van der Waals surface area (Å²) < 4.78 is 2.01. The lowest BCUT2D eigenvalue weighted by Crippen LogP contribution is -2.09. The van der Waals surface area contributed by atoms with Gasteiger partial charge in [-0.15, -0.1) is 0 Å². The van der Waals surface area contributed by atoms with Crippen molar-refractivity contribution in [2.75, 3.05) is 6.61 Å². The van der Waals surface area contributed by atoms with Gasteiger partial charge in [0.05, 0.1) is 6.61 Å². The van der Waals surface area contributed by atoms with Gasteiger partial charge in [0.2, 0.25) is 0 Å². The zero-order valence-electron chi connectivity index (χ0n) is 8.04. The predicted molar refractivity (Wildman–Crippen MR) is 50.2 cm³/mol. The first-order valence-electron chi connectivity index (χ1n) is 4.31. The Bertz CT molecular complexity index is 245. The van der Waals surface area contributed by atoms with Gasteiger partial charge in [-0.2, -0.15) is 0 Å². The van der Waals surface area contributed by atoms with E-state index in [0.29, 0.717) is 6.54 Å². The summed E-state index contributed by atoms with van der Waals surface area (Å²) in [7, 11) is 0. The van der Waals surface area contributed by atoms with Crippen LogP contribution in [-0.4, -0.2) is 16.3 Å². The molecule has 68 valence electrons. The fraction of sp³-hybridized carbons (Fsp3) is 0.600. The lowest BCUT2D eigenvalue weighted by Gasteiger charge is -2.15. The highest BCUT2D eigenvalue weighted by atomic mass is 16.3. The molecule has 2 heteroatoms. The molecule has 12 heavy (non-hydrogen) atoms. The van der Waals surface area contributed by atoms with Gasteiger partial charge in [-0.1, -0.05) is 20.8 Å². The highest BCUT2D eigenvalue weighted by Gasteiger charge is 2.14. The van der Waals surface area contributed by atoms with Crippen LogP contribution in [0.3, 0.4) is 0 Å². The zero-order valence-corrected chi connectivity index (χ0v) is 8.04. The second-order valence-electron chi connectivity index (χ2n) is 4.11. The Balaban J connectivity index is 2.77. The van der Waals surface area contributed by atoms with E-state index in [4.69, 9.17) is 5.11 Å². The average Bonchev–Trinajstić information content (AvgIpc) is 2.35. The van der Waals surface area contributed by atoms with Gasteiger partial charge in [0, 0.05) is 18.9 Å². The van der Waals surface area contributed by atoms with Gasteiger partial charge in [-0.3, -0.25) is 0 Å². The summed E-state index contributed by atoms with van der Waals surface area (Å²) in [6, 6.07) is 2.11. The molecule has 0 aliphatic carbocycles. The van der Waals surface area contributed by atoms with Crippen molar-refractivity contribution in [2.45, 2.75) is 32.7 Å². The van der Waals surface area contributed by atoms with Crippen LogP contribution in [0, 0.1) is 0 Å². The summed E-state index contributed by atoms with van der Waals surface area (Å²) >= 11 is 0. The molecule has 0 amide bonds.